The zero-order valence-corrected chi connectivity index (χ0v) is 26.7. The molecule has 0 atom stereocenters. The molecule has 5 heteroatoms. The number of fused-ring (bicyclic) bond motifs is 6. The van der Waals surface area contributed by atoms with Crippen LogP contribution in [0.2, 0.25) is 0 Å². The molecule has 50 heavy (non-hydrogen) atoms. The summed E-state index contributed by atoms with van der Waals surface area (Å²) in [5.41, 5.74) is 11.9. The van der Waals surface area contributed by atoms with E-state index in [0.717, 1.165) is 77.2 Å². The summed E-state index contributed by atoms with van der Waals surface area (Å²) in [5, 5.41) is 33.6. The Hall–Kier alpha value is -7.39. The van der Waals surface area contributed by atoms with Gasteiger partial charge in [-0.05, 0) is 83.4 Å². The summed E-state index contributed by atoms with van der Waals surface area (Å²) in [7, 11) is 0. The number of aromatic nitrogens is 2. The Kier molecular flexibility index (Phi) is 6.56. The molecule has 9 rings (SSSR count). The first-order valence-electron chi connectivity index (χ1n) is 16.3. The van der Waals surface area contributed by atoms with Gasteiger partial charge in [0.15, 0.2) is 0 Å². The van der Waals surface area contributed by atoms with Crippen LogP contribution in [0.5, 0.6) is 0 Å². The van der Waals surface area contributed by atoms with E-state index in [9.17, 15) is 15.8 Å². The van der Waals surface area contributed by atoms with Gasteiger partial charge in [-0.1, -0.05) is 84.9 Å². The molecule has 0 N–H and O–H groups in total. The third-order valence-corrected chi connectivity index (χ3v) is 9.64. The van der Waals surface area contributed by atoms with E-state index in [-0.39, 0.29) is 0 Å². The second-order valence-electron chi connectivity index (χ2n) is 12.3. The van der Waals surface area contributed by atoms with Crippen molar-refractivity contribution in [3.8, 4) is 51.8 Å². The molecule has 230 valence electrons. The molecule has 2 heterocycles. The molecule has 0 radical (unpaired) electrons. The lowest BCUT2D eigenvalue weighted by molar-refractivity contribution is 1.17. The van der Waals surface area contributed by atoms with Gasteiger partial charge >= 0.3 is 0 Å². The van der Waals surface area contributed by atoms with Crippen molar-refractivity contribution < 1.29 is 0 Å². The lowest BCUT2D eigenvalue weighted by Crippen LogP contribution is -1.98. The van der Waals surface area contributed by atoms with Crippen LogP contribution in [0.3, 0.4) is 0 Å². The summed E-state index contributed by atoms with van der Waals surface area (Å²) in [6.45, 7) is 0. The fraction of sp³-hybridized carbons (Fsp3) is 0. The molecule has 0 saturated heterocycles. The minimum Gasteiger partial charge on any atom is -0.309 e. The maximum atomic E-state index is 10.1. The van der Waals surface area contributed by atoms with Crippen LogP contribution in [-0.4, -0.2) is 9.13 Å². The van der Waals surface area contributed by atoms with Gasteiger partial charge in [-0.25, -0.2) is 0 Å². The average Bonchev–Trinajstić information content (AvgIpc) is 3.70. The largest absolute Gasteiger partial charge is 0.309 e. The molecule has 0 bridgehead atoms. The first-order valence-corrected chi connectivity index (χ1v) is 16.3. The molecule has 5 nitrogen and oxygen atoms in total. The van der Waals surface area contributed by atoms with Gasteiger partial charge in [0.05, 0.1) is 56.6 Å². The van der Waals surface area contributed by atoms with Crippen LogP contribution >= 0.6 is 0 Å². The van der Waals surface area contributed by atoms with Crippen molar-refractivity contribution >= 4 is 43.6 Å². The molecule has 0 amide bonds. The summed E-state index contributed by atoms with van der Waals surface area (Å²) in [5.74, 6) is 0. The van der Waals surface area contributed by atoms with Crippen LogP contribution in [-0.2, 0) is 0 Å². The van der Waals surface area contributed by atoms with Gasteiger partial charge in [0.25, 0.3) is 0 Å². The molecular formula is C45H25N5. The quantitative estimate of drug-likeness (QED) is 0.193. The molecule has 7 aromatic carbocycles. The van der Waals surface area contributed by atoms with Gasteiger partial charge in [-0.3, -0.25) is 0 Å². The number of benzene rings is 7. The summed E-state index contributed by atoms with van der Waals surface area (Å²) >= 11 is 0. The van der Waals surface area contributed by atoms with Crippen molar-refractivity contribution in [1.82, 2.24) is 9.13 Å². The van der Waals surface area contributed by atoms with Gasteiger partial charge in [-0.15, -0.1) is 0 Å². The van der Waals surface area contributed by atoms with Gasteiger partial charge in [0.1, 0.15) is 6.07 Å². The smallest absolute Gasteiger partial charge is 0.101 e. The molecule has 0 fully saturated rings. The number of para-hydroxylation sites is 3. The number of nitriles is 3. The average molecular weight is 636 g/mol. The third-order valence-electron chi connectivity index (χ3n) is 9.64. The molecule has 2 aromatic heterocycles. The maximum Gasteiger partial charge on any atom is 0.101 e. The second-order valence-corrected chi connectivity index (χ2v) is 12.3. The lowest BCUT2D eigenvalue weighted by Gasteiger charge is -2.15. The van der Waals surface area contributed by atoms with Crippen LogP contribution in [0, 0.1) is 34.0 Å². The minimum atomic E-state index is 0.573. The number of nitrogens with zero attached hydrogens (tertiary/aromatic N) is 5. The second kappa shape index (κ2) is 11.4. The SMILES string of the molecule is N#Cc1ccc(-n2c3ccccc3c3cccc(-c4ccccc4-c4ccc5c6cc(C#N)ccc6n(-c6ccccc6C#N)c5c4)c32)cc1. The highest BCUT2D eigenvalue weighted by Crippen LogP contribution is 2.43. The van der Waals surface area contributed by atoms with E-state index in [4.69, 9.17) is 0 Å². The van der Waals surface area contributed by atoms with Crippen LogP contribution in [0.15, 0.2) is 152 Å². The molecular weight excluding hydrogens is 611 g/mol. The lowest BCUT2D eigenvalue weighted by atomic mass is 9.92. The summed E-state index contributed by atoms with van der Waals surface area (Å²) in [6.07, 6.45) is 0. The van der Waals surface area contributed by atoms with Gasteiger partial charge in [-0.2, -0.15) is 15.8 Å². The van der Waals surface area contributed by atoms with E-state index in [0.29, 0.717) is 16.7 Å². The highest BCUT2D eigenvalue weighted by atomic mass is 15.0. The van der Waals surface area contributed by atoms with E-state index in [1.54, 1.807) is 0 Å². The molecule has 9 aromatic rings. The summed E-state index contributed by atoms with van der Waals surface area (Å²) in [4.78, 5) is 0. The maximum absolute atomic E-state index is 10.1. The Balaban J connectivity index is 1.33. The third kappa shape index (κ3) is 4.31. The fourth-order valence-corrected chi connectivity index (χ4v) is 7.44. The van der Waals surface area contributed by atoms with E-state index < -0.39 is 0 Å². The highest BCUT2D eigenvalue weighted by molar-refractivity contribution is 6.15. The van der Waals surface area contributed by atoms with Crippen molar-refractivity contribution in [2.75, 3.05) is 0 Å². The van der Waals surface area contributed by atoms with Gasteiger partial charge in [0.2, 0.25) is 0 Å². The summed E-state index contributed by atoms with van der Waals surface area (Å²) < 4.78 is 4.44. The van der Waals surface area contributed by atoms with Crippen LogP contribution in [0.25, 0.3) is 77.2 Å². The number of hydrogen-bond donors (Lipinski definition) is 0. The van der Waals surface area contributed by atoms with Crippen LogP contribution in [0.1, 0.15) is 16.7 Å². The predicted molar refractivity (Wildman–Crippen MR) is 200 cm³/mol. The number of rotatable bonds is 4. The Morgan fingerprint density at radius 1 is 0.400 bits per heavy atom. The van der Waals surface area contributed by atoms with Crippen molar-refractivity contribution in [2.24, 2.45) is 0 Å². The normalized spacial score (nSPS) is 11.1. The molecule has 0 aliphatic heterocycles. The predicted octanol–water partition coefficient (Wildman–Crippen LogP) is 10.8. The van der Waals surface area contributed by atoms with E-state index >= 15 is 0 Å². The minimum absolute atomic E-state index is 0.573. The fourth-order valence-electron chi connectivity index (χ4n) is 7.44. The van der Waals surface area contributed by atoms with Crippen molar-refractivity contribution in [2.45, 2.75) is 0 Å². The zero-order chi connectivity index (χ0) is 33.8. The molecule has 0 saturated carbocycles. The number of hydrogen-bond acceptors (Lipinski definition) is 3. The van der Waals surface area contributed by atoms with Crippen molar-refractivity contribution in [3.05, 3.63) is 168 Å². The van der Waals surface area contributed by atoms with Crippen LogP contribution in [0.4, 0.5) is 0 Å². The Labute approximate surface area is 287 Å². The zero-order valence-electron chi connectivity index (χ0n) is 26.7. The first-order chi connectivity index (χ1) is 24.7. The Morgan fingerprint density at radius 2 is 1.06 bits per heavy atom. The molecule has 0 aliphatic rings. The van der Waals surface area contributed by atoms with Gasteiger partial charge in [0, 0.05) is 32.8 Å². The van der Waals surface area contributed by atoms with Crippen LogP contribution < -0.4 is 0 Å². The van der Waals surface area contributed by atoms with Crippen molar-refractivity contribution in [1.29, 1.82) is 15.8 Å². The topological polar surface area (TPSA) is 81.2 Å². The highest BCUT2D eigenvalue weighted by Gasteiger charge is 2.20. The standard InChI is InChI=1S/C45H25N5/c46-26-29-16-20-33(21-17-29)49-42-15-6-4-11-36(42)39-13-7-12-38(45(39)49)35-10-3-2-9-34(35)31-19-22-37-40-24-30(27-47)18-23-43(40)50(44(37)25-31)41-14-5-1-8-32(41)28-48/h1-25H. The van der Waals surface area contributed by atoms with E-state index in [1.807, 2.05) is 66.7 Å². The monoisotopic (exact) mass is 635 g/mol. The molecule has 0 spiro atoms. The Morgan fingerprint density at radius 3 is 1.88 bits per heavy atom. The van der Waals surface area contributed by atoms with Crippen molar-refractivity contribution in [3.63, 3.8) is 0 Å². The summed E-state index contributed by atoms with van der Waals surface area (Å²) in [6, 6.07) is 57.9. The Bertz CT molecular complexity index is 2960. The van der Waals surface area contributed by atoms with E-state index in [1.165, 1.54) is 0 Å². The van der Waals surface area contributed by atoms with E-state index in [2.05, 4.69) is 112 Å². The molecule has 0 aliphatic carbocycles. The van der Waals surface area contributed by atoms with Gasteiger partial charge < -0.3 is 9.13 Å². The molecule has 0 unspecified atom stereocenters. The first kappa shape index (κ1) is 28.8.